The molecule has 13 heteroatoms. The lowest BCUT2D eigenvalue weighted by atomic mass is 10.1. The second kappa shape index (κ2) is 9.06. The van der Waals surface area contributed by atoms with E-state index in [-0.39, 0.29) is 35.7 Å². The van der Waals surface area contributed by atoms with Crippen LogP contribution in [0.5, 0.6) is 0 Å². The first-order valence-electron chi connectivity index (χ1n) is 11.5. The normalized spacial score (nSPS) is 16.8. The maximum absolute atomic E-state index is 13.0. The number of rotatable bonds is 6. The highest BCUT2D eigenvalue weighted by atomic mass is 19.3. The number of alkyl halides is 2. The maximum Gasteiger partial charge on any atom is 0.263 e. The van der Waals surface area contributed by atoms with E-state index in [1.165, 1.54) is 6.07 Å². The standard InChI is InChI=1S/C23H21F2N9O2/c24-21(25)13-2-1-12-6-16(7-14(12)5-13)28-23-26-9-15(10-27-23)22-32-31-19(36-22)8-20(35)34-4-3-17-18(11-34)30-33-29-17/h1-2,5,9-10,16,21H,3-4,6-8,11H2,(H,26,27,28)(H,29,30,33)/t16-/m1/s1. The average Bonchev–Trinajstić information content (AvgIpc) is 3.63. The summed E-state index contributed by atoms with van der Waals surface area (Å²) >= 11 is 0. The summed E-state index contributed by atoms with van der Waals surface area (Å²) < 4.78 is 31.6. The number of nitrogens with zero attached hydrogens (tertiary/aromatic N) is 7. The number of nitrogens with one attached hydrogen (secondary N) is 2. The van der Waals surface area contributed by atoms with Gasteiger partial charge in [0.15, 0.2) is 0 Å². The van der Waals surface area contributed by atoms with Crippen molar-refractivity contribution in [1.82, 2.24) is 40.5 Å². The lowest BCUT2D eigenvalue weighted by molar-refractivity contribution is -0.131. The summed E-state index contributed by atoms with van der Waals surface area (Å²) in [5.74, 6) is 0.704. The van der Waals surface area contributed by atoms with E-state index in [4.69, 9.17) is 4.42 Å². The second-order valence-electron chi connectivity index (χ2n) is 8.85. The molecule has 2 N–H and O–H groups in total. The Kier molecular flexibility index (Phi) is 5.58. The first-order chi connectivity index (χ1) is 17.5. The molecule has 11 nitrogen and oxygen atoms in total. The molecule has 36 heavy (non-hydrogen) atoms. The molecule has 1 atom stereocenters. The summed E-state index contributed by atoms with van der Waals surface area (Å²) in [5.41, 5.74) is 4.25. The number of amides is 1. The van der Waals surface area contributed by atoms with Crippen molar-refractivity contribution in [2.45, 2.75) is 44.7 Å². The van der Waals surface area contributed by atoms with E-state index < -0.39 is 6.43 Å². The van der Waals surface area contributed by atoms with Crippen LogP contribution in [0, 0.1) is 0 Å². The maximum atomic E-state index is 13.0. The number of carbonyl (C=O) groups is 1. The Morgan fingerprint density at radius 2 is 2.00 bits per heavy atom. The highest BCUT2D eigenvalue weighted by Crippen LogP contribution is 2.29. The molecule has 1 aliphatic carbocycles. The van der Waals surface area contributed by atoms with Gasteiger partial charge in [-0.15, -0.1) is 15.3 Å². The molecule has 184 valence electrons. The molecule has 0 saturated heterocycles. The molecule has 3 aromatic heterocycles. The molecule has 0 saturated carbocycles. The Morgan fingerprint density at radius 1 is 1.17 bits per heavy atom. The zero-order chi connectivity index (χ0) is 24.6. The predicted octanol–water partition coefficient (Wildman–Crippen LogP) is 2.29. The molecule has 0 radical (unpaired) electrons. The number of carbonyl (C=O) groups excluding carboxylic acids is 1. The van der Waals surface area contributed by atoms with Gasteiger partial charge in [-0.3, -0.25) is 9.89 Å². The van der Waals surface area contributed by atoms with Gasteiger partial charge in [0.25, 0.3) is 12.3 Å². The van der Waals surface area contributed by atoms with Crippen LogP contribution in [0.3, 0.4) is 0 Å². The second-order valence-corrected chi connectivity index (χ2v) is 8.85. The molecule has 4 aromatic rings. The largest absolute Gasteiger partial charge is 0.420 e. The van der Waals surface area contributed by atoms with Crippen molar-refractivity contribution in [2.75, 3.05) is 11.9 Å². The van der Waals surface area contributed by atoms with Crippen LogP contribution in [-0.4, -0.2) is 59.0 Å². The SMILES string of the molecule is O=C(Cc1nnc(-c2cnc(N[C@@H]3Cc4ccc(C(F)F)cc4C3)nc2)o1)N1CCc2[nH]nnc2C1. The lowest BCUT2D eigenvalue weighted by Crippen LogP contribution is -2.37. The Bertz CT molecular complexity index is 1400. The first-order valence-corrected chi connectivity index (χ1v) is 11.5. The number of aromatic nitrogens is 7. The van der Waals surface area contributed by atoms with Crippen LogP contribution in [0.4, 0.5) is 14.7 Å². The van der Waals surface area contributed by atoms with Gasteiger partial charge >= 0.3 is 0 Å². The Balaban J connectivity index is 1.06. The van der Waals surface area contributed by atoms with Crippen molar-refractivity contribution in [2.24, 2.45) is 0 Å². The zero-order valence-corrected chi connectivity index (χ0v) is 19.0. The zero-order valence-electron chi connectivity index (χ0n) is 19.0. The van der Waals surface area contributed by atoms with Crippen LogP contribution in [0.1, 0.15) is 40.4 Å². The van der Waals surface area contributed by atoms with Crippen molar-refractivity contribution in [1.29, 1.82) is 0 Å². The first kappa shape index (κ1) is 22.2. The van der Waals surface area contributed by atoms with Gasteiger partial charge in [0, 0.05) is 37.0 Å². The van der Waals surface area contributed by atoms with Crippen molar-refractivity contribution >= 4 is 11.9 Å². The highest BCUT2D eigenvalue weighted by molar-refractivity contribution is 5.78. The Morgan fingerprint density at radius 3 is 2.83 bits per heavy atom. The summed E-state index contributed by atoms with van der Waals surface area (Å²) in [5, 5.41) is 21.9. The average molecular weight is 493 g/mol. The number of halogens is 2. The quantitative estimate of drug-likeness (QED) is 0.414. The third-order valence-corrected chi connectivity index (χ3v) is 6.45. The molecular weight excluding hydrogens is 472 g/mol. The van der Waals surface area contributed by atoms with Crippen LogP contribution in [0.2, 0.25) is 0 Å². The number of hydrogen-bond acceptors (Lipinski definition) is 9. The summed E-state index contributed by atoms with van der Waals surface area (Å²) in [6.45, 7) is 0.964. The molecule has 6 rings (SSSR count). The number of benzene rings is 1. The molecule has 0 fully saturated rings. The summed E-state index contributed by atoms with van der Waals surface area (Å²) in [6.07, 6.45) is 2.62. The van der Waals surface area contributed by atoms with Gasteiger partial charge in [0.1, 0.15) is 12.1 Å². The summed E-state index contributed by atoms with van der Waals surface area (Å²) in [4.78, 5) is 23.0. The van der Waals surface area contributed by atoms with Gasteiger partial charge in [-0.1, -0.05) is 17.3 Å². The van der Waals surface area contributed by atoms with Gasteiger partial charge in [-0.2, -0.15) is 0 Å². The number of aromatic amines is 1. The third-order valence-electron chi connectivity index (χ3n) is 6.45. The predicted molar refractivity (Wildman–Crippen MR) is 121 cm³/mol. The van der Waals surface area contributed by atoms with Gasteiger partial charge in [0.2, 0.25) is 17.7 Å². The van der Waals surface area contributed by atoms with Crippen molar-refractivity contribution in [3.05, 3.63) is 64.6 Å². The monoisotopic (exact) mass is 493 g/mol. The molecule has 1 aliphatic heterocycles. The van der Waals surface area contributed by atoms with E-state index in [2.05, 4.69) is 40.9 Å². The molecule has 1 amide bonds. The van der Waals surface area contributed by atoms with Crippen LogP contribution in [-0.2, 0) is 37.0 Å². The summed E-state index contributed by atoms with van der Waals surface area (Å²) in [7, 11) is 0. The van der Waals surface area contributed by atoms with Gasteiger partial charge in [0.05, 0.1) is 17.8 Å². The molecular formula is C23H21F2N9O2. The minimum Gasteiger partial charge on any atom is -0.420 e. The number of H-pyrrole nitrogens is 1. The van der Waals surface area contributed by atoms with E-state index in [0.29, 0.717) is 43.9 Å². The third kappa shape index (κ3) is 4.39. The van der Waals surface area contributed by atoms with Crippen LogP contribution in [0.15, 0.2) is 35.0 Å². The molecule has 1 aromatic carbocycles. The molecule has 0 unspecified atom stereocenters. The highest BCUT2D eigenvalue weighted by Gasteiger charge is 2.26. The minimum atomic E-state index is -2.48. The molecule has 0 spiro atoms. The topological polar surface area (TPSA) is 139 Å². The minimum absolute atomic E-state index is 0.0166. The van der Waals surface area contributed by atoms with E-state index in [0.717, 1.165) is 22.5 Å². The molecule has 2 aliphatic rings. The fourth-order valence-electron chi connectivity index (χ4n) is 4.57. The van der Waals surface area contributed by atoms with Crippen LogP contribution >= 0.6 is 0 Å². The fourth-order valence-corrected chi connectivity index (χ4v) is 4.57. The van der Waals surface area contributed by atoms with Crippen LogP contribution in [0.25, 0.3) is 11.5 Å². The number of fused-ring (bicyclic) bond motifs is 2. The number of hydrogen-bond donors (Lipinski definition) is 2. The lowest BCUT2D eigenvalue weighted by Gasteiger charge is -2.25. The van der Waals surface area contributed by atoms with Gasteiger partial charge in [-0.05, 0) is 30.0 Å². The van der Waals surface area contributed by atoms with E-state index in [1.807, 2.05) is 0 Å². The fraction of sp³-hybridized carbons (Fsp3) is 0.348. The molecule has 0 bridgehead atoms. The van der Waals surface area contributed by atoms with Crippen LogP contribution < -0.4 is 5.32 Å². The molecule has 4 heterocycles. The van der Waals surface area contributed by atoms with E-state index >= 15 is 0 Å². The number of anilines is 1. The Hall–Kier alpha value is -4.29. The van der Waals surface area contributed by atoms with E-state index in [9.17, 15) is 13.6 Å². The van der Waals surface area contributed by atoms with Crippen molar-refractivity contribution in [3.8, 4) is 11.5 Å². The van der Waals surface area contributed by atoms with E-state index in [1.54, 1.807) is 29.4 Å². The Labute approximate surface area is 203 Å². The van der Waals surface area contributed by atoms with Crippen molar-refractivity contribution < 1.29 is 18.0 Å². The van der Waals surface area contributed by atoms with Crippen molar-refractivity contribution in [3.63, 3.8) is 0 Å². The summed E-state index contributed by atoms with van der Waals surface area (Å²) in [6, 6.07) is 4.82. The van der Waals surface area contributed by atoms with Gasteiger partial charge in [-0.25, -0.2) is 18.7 Å². The van der Waals surface area contributed by atoms with Gasteiger partial charge < -0.3 is 14.6 Å². The smallest absolute Gasteiger partial charge is 0.263 e.